The van der Waals surface area contributed by atoms with Crippen LogP contribution in [0.3, 0.4) is 0 Å². The highest BCUT2D eigenvalue weighted by Crippen LogP contribution is 1.98. The van der Waals surface area contributed by atoms with Crippen LogP contribution in [0.15, 0.2) is 24.4 Å². The minimum Gasteiger partial charge on any atom is -0.480 e. The van der Waals surface area contributed by atoms with Crippen molar-refractivity contribution in [1.29, 1.82) is 0 Å². The van der Waals surface area contributed by atoms with E-state index < -0.39 is 5.97 Å². The number of aromatic nitrogens is 1. The molecular formula is C12H17N3O4. The predicted octanol–water partition coefficient (Wildman–Crippen LogP) is 0.324. The molecule has 104 valence electrons. The molecule has 2 amide bonds. The summed E-state index contributed by atoms with van der Waals surface area (Å²) in [4.78, 5) is 27.4. The summed E-state index contributed by atoms with van der Waals surface area (Å²) in [6.45, 7) is 0.469. The zero-order chi connectivity index (χ0) is 14.1. The molecule has 1 rings (SSSR count). The number of carboxylic acid groups (broad SMARTS) is 1. The van der Waals surface area contributed by atoms with Gasteiger partial charge in [-0.2, -0.15) is 0 Å². The van der Waals surface area contributed by atoms with E-state index in [1.165, 1.54) is 4.90 Å². The van der Waals surface area contributed by atoms with E-state index in [9.17, 15) is 9.59 Å². The molecule has 1 aromatic heterocycles. The van der Waals surface area contributed by atoms with E-state index in [2.05, 4.69) is 10.3 Å². The van der Waals surface area contributed by atoms with Crippen molar-refractivity contribution in [3.63, 3.8) is 0 Å². The smallest absolute Gasteiger partial charge is 0.329 e. The number of ether oxygens (including phenoxy) is 1. The lowest BCUT2D eigenvalue weighted by atomic mass is 10.3. The number of hydrogen-bond donors (Lipinski definition) is 2. The predicted molar refractivity (Wildman–Crippen MR) is 67.6 cm³/mol. The molecule has 7 heteroatoms. The van der Waals surface area contributed by atoms with Crippen LogP contribution in [0.25, 0.3) is 0 Å². The maximum absolute atomic E-state index is 11.7. The van der Waals surface area contributed by atoms with Gasteiger partial charge in [-0.3, -0.25) is 4.98 Å². The fourth-order valence-corrected chi connectivity index (χ4v) is 1.33. The normalized spacial score (nSPS) is 9.95. The van der Waals surface area contributed by atoms with E-state index >= 15 is 0 Å². The first kappa shape index (κ1) is 14.9. The van der Waals surface area contributed by atoms with Crippen LogP contribution in [0.5, 0.6) is 0 Å². The summed E-state index contributed by atoms with van der Waals surface area (Å²) in [7, 11) is 1.65. The van der Waals surface area contributed by atoms with Gasteiger partial charge in [0.1, 0.15) is 6.61 Å². The summed E-state index contributed by atoms with van der Waals surface area (Å²) in [5.74, 6) is -1.03. The van der Waals surface area contributed by atoms with Gasteiger partial charge in [-0.25, -0.2) is 9.59 Å². The van der Waals surface area contributed by atoms with Gasteiger partial charge in [0.25, 0.3) is 0 Å². The molecule has 0 bridgehead atoms. The summed E-state index contributed by atoms with van der Waals surface area (Å²) < 4.78 is 4.80. The number of hydrogen-bond acceptors (Lipinski definition) is 4. The molecule has 0 atom stereocenters. The lowest BCUT2D eigenvalue weighted by Crippen LogP contribution is -2.38. The Morgan fingerprint density at radius 2 is 2.26 bits per heavy atom. The molecule has 0 saturated heterocycles. The third-order valence-corrected chi connectivity index (χ3v) is 2.22. The Balaban J connectivity index is 2.20. The lowest BCUT2D eigenvalue weighted by Gasteiger charge is -2.17. The maximum atomic E-state index is 11.7. The molecule has 1 heterocycles. The Bertz CT molecular complexity index is 411. The van der Waals surface area contributed by atoms with Crippen LogP contribution in [-0.2, 0) is 16.1 Å². The average Bonchev–Trinajstić information content (AvgIpc) is 2.38. The fourth-order valence-electron chi connectivity index (χ4n) is 1.33. The fraction of sp³-hybridized carbons (Fsp3) is 0.417. The minimum absolute atomic E-state index is 0.162. The van der Waals surface area contributed by atoms with Gasteiger partial charge < -0.3 is 20.1 Å². The molecule has 1 aromatic rings. The van der Waals surface area contributed by atoms with Crippen LogP contribution in [0.2, 0.25) is 0 Å². The van der Waals surface area contributed by atoms with Crippen molar-refractivity contribution < 1.29 is 19.4 Å². The third-order valence-electron chi connectivity index (χ3n) is 2.22. The molecule has 7 nitrogen and oxygen atoms in total. The van der Waals surface area contributed by atoms with Crippen molar-refractivity contribution in [1.82, 2.24) is 15.2 Å². The van der Waals surface area contributed by atoms with E-state index in [1.54, 1.807) is 13.2 Å². The molecule has 0 aliphatic rings. The quantitative estimate of drug-likeness (QED) is 0.694. The van der Waals surface area contributed by atoms with Gasteiger partial charge in [0.15, 0.2) is 0 Å². The number of urea groups is 1. The number of rotatable bonds is 7. The van der Waals surface area contributed by atoms with E-state index in [1.807, 2.05) is 18.2 Å². The Morgan fingerprint density at radius 3 is 2.89 bits per heavy atom. The van der Waals surface area contributed by atoms with Crippen LogP contribution in [0.4, 0.5) is 4.79 Å². The number of nitrogens with one attached hydrogen (secondary N) is 1. The van der Waals surface area contributed by atoms with Crippen LogP contribution in [-0.4, -0.2) is 53.8 Å². The summed E-state index contributed by atoms with van der Waals surface area (Å²) >= 11 is 0. The van der Waals surface area contributed by atoms with E-state index in [4.69, 9.17) is 9.84 Å². The molecule has 0 aliphatic carbocycles. The van der Waals surface area contributed by atoms with Gasteiger partial charge in [0, 0.05) is 19.8 Å². The highest BCUT2D eigenvalue weighted by molar-refractivity contribution is 5.73. The first-order valence-corrected chi connectivity index (χ1v) is 5.78. The molecule has 0 aromatic carbocycles. The molecule has 0 radical (unpaired) electrons. The van der Waals surface area contributed by atoms with Crippen LogP contribution < -0.4 is 5.32 Å². The highest BCUT2D eigenvalue weighted by Gasteiger charge is 2.08. The Hall–Kier alpha value is -2.15. The second kappa shape index (κ2) is 8.04. The molecule has 0 saturated carbocycles. The first-order valence-electron chi connectivity index (χ1n) is 5.78. The van der Waals surface area contributed by atoms with Crippen LogP contribution >= 0.6 is 0 Å². The minimum atomic E-state index is -1.03. The molecule has 0 unspecified atom stereocenters. The van der Waals surface area contributed by atoms with Crippen LogP contribution in [0.1, 0.15) is 5.69 Å². The third kappa shape index (κ3) is 6.37. The molecule has 0 spiro atoms. The number of carbonyl (C=O) groups is 2. The van der Waals surface area contributed by atoms with Crippen molar-refractivity contribution >= 4 is 12.0 Å². The number of amides is 2. The monoisotopic (exact) mass is 267 g/mol. The summed E-state index contributed by atoms with van der Waals surface area (Å²) in [5.41, 5.74) is 0.794. The average molecular weight is 267 g/mol. The zero-order valence-corrected chi connectivity index (χ0v) is 10.7. The number of nitrogens with zero attached hydrogens (tertiary/aromatic N) is 2. The largest absolute Gasteiger partial charge is 0.480 e. The van der Waals surface area contributed by atoms with Crippen molar-refractivity contribution in [2.75, 3.05) is 26.8 Å². The van der Waals surface area contributed by atoms with Gasteiger partial charge >= 0.3 is 12.0 Å². The van der Waals surface area contributed by atoms with Crippen molar-refractivity contribution in [3.05, 3.63) is 30.1 Å². The summed E-state index contributed by atoms with van der Waals surface area (Å²) in [5, 5.41) is 11.0. The van der Waals surface area contributed by atoms with Crippen molar-refractivity contribution in [2.24, 2.45) is 0 Å². The topological polar surface area (TPSA) is 91.8 Å². The second-order valence-corrected chi connectivity index (χ2v) is 3.86. The van der Waals surface area contributed by atoms with Gasteiger partial charge in [-0.05, 0) is 12.1 Å². The number of pyridine rings is 1. The maximum Gasteiger partial charge on any atom is 0.329 e. The summed E-state index contributed by atoms with van der Waals surface area (Å²) in [6, 6.07) is 5.24. The number of carbonyl (C=O) groups excluding carboxylic acids is 1. The zero-order valence-electron chi connectivity index (χ0n) is 10.7. The second-order valence-electron chi connectivity index (χ2n) is 3.86. The molecule has 2 N–H and O–H groups in total. The molecule has 0 aliphatic heterocycles. The van der Waals surface area contributed by atoms with Crippen molar-refractivity contribution in [3.8, 4) is 0 Å². The first-order chi connectivity index (χ1) is 9.09. The SMILES string of the molecule is CN(Cc1ccccn1)C(=O)NCCOCC(=O)O. The number of carboxylic acids is 1. The summed E-state index contributed by atoms with van der Waals surface area (Å²) in [6.07, 6.45) is 1.67. The van der Waals surface area contributed by atoms with Gasteiger partial charge in [-0.15, -0.1) is 0 Å². The van der Waals surface area contributed by atoms with E-state index in [0.717, 1.165) is 5.69 Å². The molecule has 0 fully saturated rings. The van der Waals surface area contributed by atoms with Crippen molar-refractivity contribution in [2.45, 2.75) is 6.54 Å². The lowest BCUT2D eigenvalue weighted by molar-refractivity contribution is -0.142. The Labute approximate surface area is 111 Å². The Kier molecular flexibility index (Phi) is 6.31. The van der Waals surface area contributed by atoms with E-state index in [0.29, 0.717) is 6.54 Å². The number of aliphatic carboxylic acids is 1. The van der Waals surface area contributed by atoms with E-state index in [-0.39, 0.29) is 25.8 Å². The van der Waals surface area contributed by atoms with Gasteiger partial charge in [0.05, 0.1) is 18.8 Å². The van der Waals surface area contributed by atoms with Gasteiger partial charge in [0.2, 0.25) is 0 Å². The standard InChI is InChI=1S/C12H17N3O4/c1-15(8-10-4-2-3-5-13-10)12(18)14-6-7-19-9-11(16)17/h2-5H,6-9H2,1H3,(H,14,18)(H,16,17). The highest BCUT2D eigenvalue weighted by atomic mass is 16.5. The Morgan fingerprint density at radius 1 is 1.47 bits per heavy atom. The van der Waals surface area contributed by atoms with Crippen LogP contribution in [0, 0.1) is 0 Å². The molecular weight excluding hydrogens is 250 g/mol. The molecule has 19 heavy (non-hydrogen) atoms. The van der Waals surface area contributed by atoms with Gasteiger partial charge in [-0.1, -0.05) is 6.07 Å².